The fourth-order valence-corrected chi connectivity index (χ4v) is 3.87. The summed E-state index contributed by atoms with van der Waals surface area (Å²) < 4.78 is 10.4. The number of nitrogens with zero attached hydrogens (tertiary/aromatic N) is 5. The number of anilines is 1. The van der Waals surface area contributed by atoms with Gasteiger partial charge in [0, 0.05) is 42.8 Å². The minimum atomic E-state index is -0.564. The Morgan fingerprint density at radius 3 is 2.66 bits per heavy atom. The number of nitrogens with one attached hydrogen (secondary N) is 2. The molecule has 0 saturated carbocycles. The Morgan fingerprint density at radius 2 is 1.94 bits per heavy atom. The maximum Gasteiger partial charge on any atom is 0.413 e. The normalized spacial score (nSPS) is 13.9. The van der Waals surface area contributed by atoms with Crippen LogP contribution in [-0.4, -0.2) is 68.8 Å². The molecule has 10 nitrogen and oxygen atoms in total. The molecule has 5 rings (SSSR count). The van der Waals surface area contributed by atoms with Crippen molar-refractivity contribution < 1.29 is 14.3 Å². The first-order valence-corrected chi connectivity index (χ1v) is 11.2. The number of benzene rings is 1. The predicted molar refractivity (Wildman–Crippen MR) is 134 cm³/mol. The third-order valence-corrected chi connectivity index (χ3v) is 5.53. The number of H-pyrrole nitrogens is 1. The average molecular weight is 476 g/mol. The van der Waals surface area contributed by atoms with Gasteiger partial charge in [-0.3, -0.25) is 15.2 Å². The Bertz CT molecular complexity index is 1270. The summed E-state index contributed by atoms with van der Waals surface area (Å²) >= 11 is 0. The Kier molecular flexibility index (Phi) is 7.64. The highest BCUT2D eigenvalue weighted by Gasteiger charge is 2.16. The van der Waals surface area contributed by atoms with E-state index in [-0.39, 0.29) is 14.0 Å². The molecular formula is C25H29N7O3. The van der Waals surface area contributed by atoms with E-state index < -0.39 is 6.09 Å². The summed E-state index contributed by atoms with van der Waals surface area (Å²) in [5, 5.41) is 2.63. The SMILES string of the molecule is C.CCOC(=O)Nc1nc2c(-c3ccccn3)cc(-c3cnc(CN4CCOCC4)nc3)cc2[nH]1. The summed E-state index contributed by atoms with van der Waals surface area (Å²) in [6.45, 7) is 5.98. The summed E-state index contributed by atoms with van der Waals surface area (Å²) in [6, 6.07) is 9.69. The van der Waals surface area contributed by atoms with Crippen LogP contribution in [0.15, 0.2) is 48.9 Å². The number of amides is 1. The van der Waals surface area contributed by atoms with Crippen LogP contribution < -0.4 is 5.32 Å². The predicted octanol–water partition coefficient (Wildman–Crippen LogP) is 4.12. The van der Waals surface area contributed by atoms with Crippen molar-refractivity contribution in [1.82, 2.24) is 29.8 Å². The number of fused-ring (bicyclic) bond motifs is 1. The molecule has 0 aliphatic carbocycles. The number of rotatable bonds is 6. The number of aromatic amines is 1. The van der Waals surface area contributed by atoms with E-state index in [1.807, 2.05) is 42.7 Å². The van der Waals surface area contributed by atoms with Crippen LogP contribution >= 0.6 is 0 Å². The third-order valence-electron chi connectivity index (χ3n) is 5.53. The highest BCUT2D eigenvalue weighted by Crippen LogP contribution is 2.32. The molecule has 35 heavy (non-hydrogen) atoms. The molecule has 1 amide bonds. The molecule has 1 fully saturated rings. The summed E-state index contributed by atoms with van der Waals surface area (Å²) in [4.78, 5) is 35.6. The van der Waals surface area contributed by atoms with Gasteiger partial charge in [-0.1, -0.05) is 13.5 Å². The second-order valence-electron chi connectivity index (χ2n) is 7.84. The molecule has 0 unspecified atom stereocenters. The Hall–Kier alpha value is -3.89. The van der Waals surface area contributed by atoms with Gasteiger partial charge >= 0.3 is 6.09 Å². The van der Waals surface area contributed by atoms with Crippen LogP contribution in [0.5, 0.6) is 0 Å². The van der Waals surface area contributed by atoms with Gasteiger partial charge in [-0.15, -0.1) is 0 Å². The lowest BCUT2D eigenvalue weighted by atomic mass is 10.0. The van der Waals surface area contributed by atoms with E-state index in [1.165, 1.54) is 0 Å². The van der Waals surface area contributed by atoms with Crippen LogP contribution in [0.4, 0.5) is 10.7 Å². The van der Waals surface area contributed by atoms with Crippen molar-refractivity contribution in [2.75, 3.05) is 38.2 Å². The summed E-state index contributed by atoms with van der Waals surface area (Å²) in [5.74, 6) is 1.08. The van der Waals surface area contributed by atoms with Crippen LogP contribution in [-0.2, 0) is 16.0 Å². The van der Waals surface area contributed by atoms with Crippen molar-refractivity contribution in [3.05, 3.63) is 54.7 Å². The fraction of sp³-hybridized carbons (Fsp3) is 0.320. The van der Waals surface area contributed by atoms with Crippen LogP contribution in [0.1, 0.15) is 20.2 Å². The van der Waals surface area contributed by atoms with Crippen LogP contribution in [0.25, 0.3) is 33.4 Å². The zero-order chi connectivity index (χ0) is 23.3. The molecule has 2 N–H and O–H groups in total. The first-order chi connectivity index (χ1) is 16.7. The molecule has 1 aromatic carbocycles. The van der Waals surface area contributed by atoms with E-state index in [0.29, 0.717) is 18.0 Å². The van der Waals surface area contributed by atoms with Gasteiger partial charge in [-0.25, -0.2) is 19.7 Å². The smallest absolute Gasteiger partial charge is 0.413 e. The van der Waals surface area contributed by atoms with E-state index in [0.717, 1.165) is 60.0 Å². The van der Waals surface area contributed by atoms with E-state index in [2.05, 4.69) is 35.1 Å². The lowest BCUT2D eigenvalue weighted by molar-refractivity contribution is 0.0330. The van der Waals surface area contributed by atoms with E-state index >= 15 is 0 Å². The Balaban J connectivity index is 0.00000289. The Morgan fingerprint density at radius 1 is 1.14 bits per heavy atom. The molecule has 0 atom stereocenters. The molecule has 4 aromatic rings. The molecule has 0 bridgehead atoms. The number of hydrogen-bond acceptors (Lipinski definition) is 8. The molecule has 10 heteroatoms. The molecule has 1 aliphatic rings. The van der Waals surface area contributed by atoms with Crippen molar-refractivity contribution in [2.24, 2.45) is 0 Å². The maximum absolute atomic E-state index is 11.9. The number of hydrogen-bond donors (Lipinski definition) is 2. The van der Waals surface area contributed by atoms with Crippen molar-refractivity contribution >= 4 is 23.1 Å². The number of imidazole rings is 1. The molecule has 1 aliphatic heterocycles. The highest BCUT2D eigenvalue weighted by atomic mass is 16.5. The second kappa shape index (κ2) is 11.0. The number of ether oxygens (including phenoxy) is 2. The van der Waals surface area contributed by atoms with Crippen molar-refractivity contribution in [2.45, 2.75) is 20.9 Å². The first kappa shape index (κ1) is 24.2. The van der Waals surface area contributed by atoms with Gasteiger partial charge in [0.1, 0.15) is 5.82 Å². The summed E-state index contributed by atoms with van der Waals surface area (Å²) in [7, 11) is 0. The molecule has 182 valence electrons. The largest absolute Gasteiger partial charge is 0.450 e. The van der Waals surface area contributed by atoms with E-state index in [9.17, 15) is 4.79 Å². The van der Waals surface area contributed by atoms with Gasteiger partial charge in [-0.2, -0.15) is 0 Å². The zero-order valence-electron chi connectivity index (χ0n) is 18.8. The number of pyridine rings is 1. The quantitative estimate of drug-likeness (QED) is 0.428. The number of morpholine rings is 1. The van der Waals surface area contributed by atoms with Gasteiger partial charge in [0.25, 0.3) is 0 Å². The van der Waals surface area contributed by atoms with E-state index in [4.69, 9.17) is 9.47 Å². The Labute approximate surface area is 203 Å². The summed E-state index contributed by atoms with van der Waals surface area (Å²) in [6.07, 6.45) is 4.84. The number of carbonyl (C=O) groups is 1. The molecule has 0 radical (unpaired) electrons. The van der Waals surface area contributed by atoms with Gasteiger partial charge in [0.15, 0.2) is 0 Å². The standard InChI is InChI=1S/C24H25N7O3.CH4/c1-2-34-24(32)30-23-28-20-12-16(11-18(22(20)29-23)19-5-3-4-6-25-19)17-13-26-21(27-14-17)15-31-7-9-33-10-8-31;/h3-6,11-14H,2,7-10,15H2,1H3,(H2,28,29,30,32);1H4. The molecule has 0 spiro atoms. The molecule has 3 aromatic heterocycles. The van der Waals surface area contributed by atoms with Crippen LogP contribution in [0, 0.1) is 0 Å². The topological polar surface area (TPSA) is 118 Å². The third kappa shape index (κ3) is 5.61. The lowest BCUT2D eigenvalue weighted by Gasteiger charge is -2.25. The fourth-order valence-electron chi connectivity index (χ4n) is 3.87. The first-order valence-electron chi connectivity index (χ1n) is 11.2. The number of aromatic nitrogens is 5. The average Bonchev–Trinajstić information content (AvgIpc) is 3.27. The van der Waals surface area contributed by atoms with Crippen LogP contribution in [0.3, 0.4) is 0 Å². The minimum Gasteiger partial charge on any atom is -0.450 e. The number of carbonyl (C=O) groups excluding carboxylic acids is 1. The molecular weight excluding hydrogens is 446 g/mol. The van der Waals surface area contributed by atoms with Gasteiger partial charge in [0.2, 0.25) is 5.95 Å². The molecule has 1 saturated heterocycles. The highest BCUT2D eigenvalue weighted by molar-refractivity contribution is 5.97. The maximum atomic E-state index is 11.9. The summed E-state index contributed by atoms with van der Waals surface area (Å²) in [5.41, 5.74) is 4.84. The molecule has 4 heterocycles. The van der Waals surface area contributed by atoms with Gasteiger partial charge in [-0.05, 0) is 36.8 Å². The minimum absolute atomic E-state index is 0. The zero-order valence-corrected chi connectivity index (χ0v) is 18.8. The lowest BCUT2D eigenvalue weighted by Crippen LogP contribution is -2.36. The van der Waals surface area contributed by atoms with Gasteiger partial charge in [0.05, 0.1) is 43.1 Å². The van der Waals surface area contributed by atoms with Gasteiger partial charge < -0.3 is 14.5 Å². The monoisotopic (exact) mass is 475 g/mol. The van der Waals surface area contributed by atoms with Crippen molar-refractivity contribution in [3.8, 4) is 22.4 Å². The van der Waals surface area contributed by atoms with Crippen molar-refractivity contribution in [1.29, 1.82) is 0 Å². The van der Waals surface area contributed by atoms with Crippen molar-refractivity contribution in [3.63, 3.8) is 0 Å². The second-order valence-corrected chi connectivity index (χ2v) is 7.84. The van der Waals surface area contributed by atoms with Crippen LogP contribution in [0.2, 0.25) is 0 Å². The van der Waals surface area contributed by atoms with E-state index in [1.54, 1.807) is 13.1 Å².